The largest absolute Gasteiger partial charge is 0.357 e. The molecule has 7 heteroatoms. The predicted octanol–water partition coefficient (Wildman–Crippen LogP) is 3.74. The van der Waals surface area contributed by atoms with Crippen LogP contribution < -0.4 is 10.6 Å². The monoisotopic (exact) mass is 482 g/mol. The van der Waals surface area contributed by atoms with Gasteiger partial charge in [-0.1, -0.05) is 12.1 Å². The van der Waals surface area contributed by atoms with E-state index in [4.69, 9.17) is 0 Å². The Kier molecular flexibility index (Phi) is 11.7. The summed E-state index contributed by atoms with van der Waals surface area (Å²) in [6.07, 6.45) is 2.10. The lowest BCUT2D eigenvalue weighted by molar-refractivity contribution is 0.297. The summed E-state index contributed by atoms with van der Waals surface area (Å²) in [5, 5.41) is 6.66. The van der Waals surface area contributed by atoms with Gasteiger partial charge in [0.1, 0.15) is 5.82 Å². The number of guanidine groups is 1. The van der Waals surface area contributed by atoms with Crippen LogP contribution in [0.4, 0.5) is 4.39 Å². The van der Waals surface area contributed by atoms with Crippen LogP contribution in [-0.2, 0) is 0 Å². The number of hydrogen-bond acceptors (Lipinski definition) is 3. The molecule has 0 saturated heterocycles. The van der Waals surface area contributed by atoms with Gasteiger partial charge in [-0.05, 0) is 58.8 Å². The lowest BCUT2D eigenvalue weighted by atomic mass is 10.1. The molecule has 0 fully saturated rings. The third-order valence-corrected chi connectivity index (χ3v) is 5.07. The van der Waals surface area contributed by atoms with Crippen LogP contribution in [0.5, 0.6) is 0 Å². The van der Waals surface area contributed by atoms with Gasteiger partial charge in [-0.25, -0.2) is 4.39 Å². The van der Waals surface area contributed by atoms with Crippen LogP contribution in [0.3, 0.4) is 0 Å². The van der Waals surface area contributed by atoms with Gasteiger partial charge < -0.3 is 15.5 Å². The van der Waals surface area contributed by atoms with Gasteiger partial charge in [0.15, 0.2) is 5.96 Å². The Labute approximate surface area is 173 Å². The van der Waals surface area contributed by atoms with Crippen LogP contribution in [0.15, 0.2) is 29.3 Å². The second-order valence-corrected chi connectivity index (χ2v) is 8.09. The van der Waals surface area contributed by atoms with Gasteiger partial charge in [-0.2, -0.15) is 11.8 Å². The van der Waals surface area contributed by atoms with Gasteiger partial charge in [0, 0.05) is 17.8 Å². The molecule has 1 aromatic carbocycles. The number of nitrogens with zero attached hydrogens (tertiary/aromatic N) is 2. The van der Waals surface area contributed by atoms with Crippen LogP contribution in [0, 0.1) is 5.82 Å². The van der Waals surface area contributed by atoms with Crippen LogP contribution >= 0.6 is 35.7 Å². The molecule has 25 heavy (non-hydrogen) atoms. The first-order valence-corrected chi connectivity index (χ1v) is 9.50. The van der Waals surface area contributed by atoms with Gasteiger partial charge >= 0.3 is 0 Å². The summed E-state index contributed by atoms with van der Waals surface area (Å²) in [6.45, 7) is 8.60. The molecule has 0 aliphatic heterocycles. The maximum absolute atomic E-state index is 13.5. The molecule has 0 bridgehead atoms. The molecule has 0 aliphatic rings. The van der Waals surface area contributed by atoms with E-state index in [1.165, 1.54) is 6.07 Å². The Morgan fingerprint density at radius 3 is 2.52 bits per heavy atom. The minimum Gasteiger partial charge on any atom is -0.357 e. The van der Waals surface area contributed by atoms with E-state index in [0.717, 1.165) is 24.6 Å². The van der Waals surface area contributed by atoms with Crippen molar-refractivity contribution < 1.29 is 4.39 Å². The Bertz CT molecular complexity index is 538. The molecule has 144 valence electrons. The van der Waals surface area contributed by atoms with E-state index in [-0.39, 0.29) is 40.6 Å². The van der Waals surface area contributed by atoms with Gasteiger partial charge in [0.2, 0.25) is 0 Å². The number of likely N-dealkylation sites (N-methyl/N-ethyl adjacent to an activating group) is 1. The van der Waals surface area contributed by atoms with Crippen molar-refractivity contribution in [1.82, 2.24) is 15.5 Å². The average molecular weight is 482 g/mol. The molecule has 0 amide bonds. The Hall–Kier alpha value is -0.540. The average Bonchev–Trinajstić information content (AvgIpc) is 2.52. The van der Waals surface area contributed by atoms with Crippen LogP contribution in [0.2, 0.25) is 0 Å². The molecule has 2 N–H and O–H groups in total. The van der Waals surface area contributed by atoms with Gasteiger partial charge in [-0.15, -0.1) is 24.0 Å². The molecule has 1 atom stereocenters. The minimum absolute atomic E-state index is 0. The molecule has 1 aromatic rings. The first-order valence-electron chi connectivity index (χ1n) is 8.28. The third kappa shape index (κ3) is 9.10. The highest BCUT2D eigenvalue weighted by Crippen LogP contribution is 2.21. The maximum Gasteiger partial charge on any atom is 0.191 e. The van der Waals surface area contributed by atoms with Crippen molar-refractivity contribution in [3.8, 4) is 0 Å². The second-order valence-electron chi connectivity index (χ2n) is 6.57. The van der Waals surface area contributed by atoms with Crippen molar-refractivity contribution in [3.05, 3.63) is 35.6 Å². The summed E-state index contributed by atoms with van der Waals surface area (Å²) in [7, 11) is 4.00. The molecule has 0 spiro atoms. The number of hydrogen-bond donors (Lipinski definition) is 2. The fourth-order valence-corrected chi connectivity index (χ4v) is 2.38. The summed E-state index contributed by atoms with van der Waals surface area (Å²) in [4.78, 5) is 6.76. The molecular formula is C18H32FIN4S. The predicted molar refractivity (Wildman–Crippen MR) is 120 cm³/mol. The van der Waals surface area contributed by atoms with Crippen LogP contribution in [0.25, 0.3) is 0 Å². The van der Waals surface area contributed by atoms with E-state index in [1.807, 2.05) is 27.1 Å². The third-order valence-electron chi connectivity index (χ3n) is 3.83. The van der Waals surface area contributed by atoms with E-state index in [0.29, 0.717) is 6.54 Å². The van der Waals surface area contributed by atoms with Crippen LogP contribution in [0.1, 0.15) is 32.4 Å². The number of halogens is 2. The molecule has 1 rings (SSSR count). The normalized spacial score (nSPS) is 13.4. The lowest BCUT2D eigenvalue weighted by Gasteiger charge is -2.26. The summed E-state index contributed by atoms with van der Waals surface area (Å²) >= 11 is 1.80. The highest BCUT2D eigenvalue weighted by atomic mass is 127. The molecule has 0 aromatic heterocycles. The number of aliphatic imine (C=N–C) groups is 1. The number of rotatable bonds is 8. The Morgan fingerprint density at radius 2 is 2.00 bits per heavy atom. The van der Waals surface area contributed by atoms with E-state index >= 15 is 0 Å². The fraction of sp³-hybridized carbons (Fsp3) is 0.611. The SMILES string of the molecule is CCNC(=NCC(C)(C)SC)NCC(c1cccc(F)c1)N(C)C.I. The fourth-order valence-electron chi connectivity index (χ4n) is 2.18. The topological polar surface area (TPSA) is 39.7 Å². The highest BCUT2D eigenvalue weighted by molar-refractivity contribution is 14.0. The van der Waals surface area contributed by atoms with Crippen LogP contribution in [-0.4, -0.2) is 55.6 Å². The molecule has 0 aliphatic carbocycles. The summed E-state index contributed by atoms with van der Waals surface area (Å²) in [6, 6.07) is 6.84. The Morgan fingerprint density at radius 1 is 1.32 bits per heavy atom. The van der Waals surface area contributed by atoms with Crippen molar-refractivity contribution in [3.63, 3.8) is 0 Å². The standard InChI is InChI=1S/C18H31FN4S.HI/c1-7-20-17(22-13-18(2,3)24-6)21-12-16(23(4)5)14-9-8-10-15(19)11-14;/h8-11,16H,7,12-13H2,1-6H3,(H2,20,21,22);1H. The molecule has 4 nitrogen and oxygen atoms in total. The quantitative estimate of drug-likeness (QED) is 0.337. The van der Waals surface area contributed by atoms with Crippen molar-refractivity contribution >= 4 is 41.7 Å². The van der Waals surface area contributed by atoms with Gasteiger partial charge in [0.05, 0.1) is 12.6 Å². The van der Waals surface area contributed by atoms with E-state index in [2.05, 4.69) is 40.6 Å². The summed E-state index contributed by atoms with van der Waals surface area (Å²) in [5.74, 6) is 0.588. The van der Waals surface area contributed by atoms with E-state index in [9.17, 15) is 4.39 Å². The summed E-state index contributed by atoms with van der Waals surface area (Å²) < 4.78 is 13.6. The van der Waals surface area contributed by atoms with Gasteiger partial charge in [0.25, 0.3) is 0 Å². The summed E-state index contributed by atoms with van der Waals surface area (Å²) in [5.41, 5.74) is 0.952. The van der Waals surface area contributed by atoms with E-state index in [1.54, 1.807) is 23.9 Å². The zero-order valence-corrected chi connectivity index (χ0v) is 19.2. The molecule has 1 unspecified atom stereocenters. The van der Waals surface area contributed by atoms with Crippen molar-refractivity contribution in [1.29, 1.82) is 0 Å². The second kappa shape index (κ2) is 12.0. The Balaban J connectivity index is 0.00000576. The zero-order chi connectivity index (χ0) is 18.2. The highest BCUT2D eigenvalue weighted by Gasteiger charge is 2.17. The van der Waals surface area contributed by atoms with Gasteiger partial charge in [-0.3, -0.25) is 4.99 Å². The zero-order valence-electron chi connectivity index (χ0n) is 16.1. The van der Waals surface area contributed by atoms with Crippen molar-refractivity contribution in [2.24, 2.45) is 4.99 Å². The first-order chi connectivity index (χ1) is 11.3. The number of nitrogens with one attached hydrogen (secondary N) is 2. The number of thioether (sulfide) groups is 1. The molecule has 0 saturated carbocycles. The molecular weight excluding hydrogens is 450 g/mol. The van der Waals surface area contributed by atoms with E-state index < -0.39 is 0 Å². The number of benzene rings is 1. The molecule has 0 heterocycles. The van der Waals surface area contributed by atoms with Crippen molar-refractivity contribution in [2.45, 2.75) is 31.6 Å². The molecule has 0 radical (unpaired) electrons. The lowest BCUT2D eigenvalue weighted by Crippen LogP contribution is -2.42. The smallest absolute Gasteiger partial charge is 0.191 e. The van der Waals surface area contributed by atoms with Crippen molar-refractivity contribution in [2.75, 3.05) is 40.0 Å². The maximum atomic E-state index is 13.5. The minimum atomic E-state index is -0.207. The first kappa shape index (κ1) is 24.5.